The lowest BCUT2D eigenvalue weighted by Gasteiger charge is -2.15. The summed E-state index contributed by atoms with van der Waals surface area (Å²) in [5, 5.41) is 17.6. The number of aromatic nitrogens is 5. The first-order chi connectivity index (χ1) is 37.2. The largest absolute Gasteiger partial charge is 0.398 e. The summed E-state index contributed by atoms with van der Waals surface area (Å²) in [5.74, 6) is -0.0200. The van der Waals surface area contributed by atoms with Gasteiger partial charge >= 0.3 is 0 Å². The van der Waals surface area contributed by atoms with Crippen LogP contribution in [0.4, 0.5) is 59.1 Å². The maximum Gasteiger partial charge on any atom is 0.254 e. The number of pyridine rings is 5. The molecular formula is C54H55Cl3F3N13O3S2. The van der Waals surface area contributed by atoms with Crippen molar-refractivity contribution in [2.75, 3.05) is 61.1 Å². The monoisotopic (exact) mass is 1160 g/mol. The average Bonchev–Trinajstić information content (AvgIpc) is 3.43. The Morgan fingerprint density at radius 1 is 0.487 bits per heavy atom. The van der Waals surface area contributed by atoms with Gasteiger partial charge in [-0.1, -0.05) is 53.0 Å². The highest BCUT2D eigenvalue weighted by molar-refractivity contribution is 7.98. The quantitative estimate of drug-likeness (QED) is 0.0341. The van der Waals surface area contributed by atoms with E-state index < -0.39 is 0 Å². The minimum atomic E-state index is -0.323. The van der Waals surface area contributed by atoms with Gasteiger partial charge in [-0.05, 0) is 106 Å². The second-order valence-corrected chi connectivity index (χ2v) is 18.7. The Hall–Kier alpha value is -7.82. The molecule has 16 nitrogen and oxygen atoms in total. The lowest BCUT2D eigenvalue weighted by molar-refractivity contribution is 0.0955. The van der Waals surface area contributed by atoms with E-state index >= 15 is 0 Å². The fourth-order valence-electron chi connectivity index (χ4n) is 6.19. The van der Waals surface area contributed by atoms with Gasteiger partial charge in [0.1, 0.15) is 45.2 Å². The van der Waals surface area contributed by atoms with E-state index in [0.717, 1.165) is 9.79 Å². The van der Waals surface area contributed by atoms with Gasteiger partial charge in [0.05, 0.1) is 33.1 Å². The molecule has 0 aliphatic carbocycles. The Bertz CT molecular complexity index is 3330. The van der Waals surface area contributed by atoms with Gasteiger partial charge in [0.25, 0.3) is 17.7 Å². The summed E-state index contributed by atoms with van der Waals surface area (Å²) < 4.78 is 39.9. The summed E-state index contributed by atoms with van der Waals surface area (Å²) in [6.07, 6.45) is 11.6. The number of carbonyl (C=O) groups excluding carboxylic acids is 3. The molecule has 0 radical (unpaired) electrons. The number of halogens is 6. The first-order valence-corrected chi connectivity index (χ1v) is 26.5. The summed E-state index contributed by atoms with van der Waals surface area (Å²) in [5.41, 5.74) is 15.9. The molecule has 8 rings (SSSR count). The van der Waals surface area contributed by atoms with Gasteiger partial charge in [-0.25, -0.2) is 38.1 Å². The zero-order valence-electron chi connectivity index (χ0n) is 43.3. The number of carbonyl (C=O) groups is 3. The van der Waals surface area contributed by atoms with E-state index in [9.17, 15) is 27.6 Å². The number of nitrogens with zero attached hydrogens (tertiary/aromatic N) is 5. The van der Waals surface area contributed by atoms with Crippen molar-refractivity contribution >= 4 is 122 Å². The molecule has 78 heavy (non-hydrogen) atoms. The number of amides is 3. The topological polar surface area (TPSA) is 240 Å². The summed E-state index contributed by atoms with van der Waals surface area (Å²) in [6, 6.07) is 26.4. The Balaban J connectivity index is 0.000000228. The number of hydrogen-bond acceptors (Lipinski definition) is 15. The van der Waals surface area contributed by atoms with Crippen molar-refractivity contribution in [3.63, 3.8) is 0 Å². The average molecular weight is 1160 g/mol. The van der Waals surface area contributed by atoms with Gasteiger partial charge < -0.3 is 43.4 Å². The lowest BCUT2D eigenvalue weighted by Crippen LogP contribution is -2.19. The van der Waals surface area contributed by atoms with Crippen molar-refractivity contribution in [2.24, 2.45) is 0 Å². The molecular weight excluding hydrogens is 1110 g/mol. The van der Waals surface area contributed by atoms with Crippen molar-refractivity contribution in [3.05, 3.63) is 194 Å². The third kappa shape index (κ3) is 19.0. The van der Waals surface area contributed by atoms with Crippen LogP contribution in [-0.2, 0) is 0 Å². The molecule has 5 heterocycles. The van der Waals surface area contributed by atoms with Crippen molar-refractivity contribution in [1.82, 2.24) is 40.9 Å². The second kappa shape index (κ2) is 31.4. The van der Waals surface area contributed by atoms with Crippen LogP contribution in [0.3, 0.4) is 0 Å². The van der Waals surface area contributed by atoms with Gasteiger partial charge in [0.2, 0.25) is 0 Å². The third-order valence-electron chi connectivity index (χ3n) is 10.6. The zero-order valence-corrected chi connectivity index (χ0v) is 47.2. The molecule has 0 unspecified atom stereocenters. The van der Waals surface area contributed by atoms with Crippen molar-refractivity contribution < 1.29 is 27.6 Å². The van der Waals surface area contributed by atoms with E-state index in [-0.39, 0.29) is 45.5 Å². The number of thioether (sulfide) groups is 2. The van der Waals surface area contributed by atoms with Gasteiger partial charge in [-0.3, -0.25) is 14.4 Å². The summed E-state index contributed by atoms with van der Waals surface area (Å²) in [7, 11) is 4.59. The van der Waals surface area contributed by atoms with Crippen LogP contribution in [0.2, 0.25) is 15.3 Å². The van der Waals surface area contributed by atoms with Crippen molar-refractivity contribution in [1.29, 1.82) is 0 Å². The number of anilines is 8. The highest BCUT2D eigenvalue weighted by Gasteiger charge is 2.16. The summed E-state index contributed by atoms with van der Waals surface area (Å²) >= 11 is 20.4. The highest BCUT2D eigenvalue weighted by atomic mass is 35.5. The standard InChI is InChI=1S/C20H20FN5OS.C14H13ClFN3O.C7H6Cl2N2O.C7H8FN.C6H8N2S/c1-12-15(21)5-4-6-16(12)25-17-10-19(24-11-14(17)20(27)22-2)26-18-9-13(28-3)7-8-23-18;1-8-10(16)4-3-5-11(8)19-12-6-13(15)18-7-9(12)14(20)17-2;1-10-7(12)4-3-11-6(9)2-5(4)8;1-5-6(8)3-2-4-7(5)9;1-9-5-2-3-8-6(7)4-5/h4-11H,1-3H3,(H,22,27)(H2,23,24,25,26);3-7H,1-2H3,(H,17,20)(H,18,19);2-3H,1H3,(H,10,12);2-4H,9H2,1H3;2-4H,1H3,(H2,7,8). The molecule has 3 aromatic carbocycles. The van der Waals surface area contributed by atoms with E-state index in [1.807, 2.05) is 36.8 Å². The van der Waals surface area contributed by atoms with Crippen LogP contribution in [0.5, 0.6) is 0 Å². The van der Waals surface area contributed by atoms with Crippen LogP contribution in [0.15, 0.2) is 138 Å². The fraction of sp³-hybridized carbons (Fsp3) is 0.148. The molecule has 0 saturated heterocycles. The SMILES string of the molecule is CNC(=O)c1cnc(Cl)cc1Cl.CNC(=O)c1cnc(Cl)cc1Nc1cccc(F)c1C.CNC(=O)c1cnc(Nc2cc(SC)ccn2)cc1Nc1cccc(F)c1C.CSc1ccnc(N)c1.Cc1c(N)cccc1F. The van der Waals surface area contributed by atoms with Gasteiger partial charge in [-0.15, -0.1) is 23.5 Å². The first kappa shape index (κ1) is 62.7. The van der Waals surface area contributed by atoms with E-state index in [1.54, 1.807) is 106 Å². The molecule has 3 amide bonds. The molecule has 8 aromatic rings. The zero-order chi connectivity index (χ0) is 57.5. The number of rotatable bonds is 11. The second-order valence-electron chi connectivity index (χ2n) is 15.7. The molecule has 0 fully saturated rings. The predicted molar refractivity (Wildman–Crippen MR) is 312 cm³/mol. The Morgan fingerprint density at radius 2 is 0.923 bits per heavy atom. The number of nitrogens with one attached hydrogen (secondary N) is 6. The Morgan fingerprint density at radius 3 is 1.40 bits per heavy atom. The number of benzene rings is 3. The molecule has 0 atom stereocenters. The lowest BCUT2D eigenvalue weighted by atomic mass is 10.1. The molecule has 10 N–H and O–H groups in total. The van der Waals surface area contributed by atoms with Crippen LogP contribution >= 0.6 is 58.3 Å². The third-order valence-corrected chi connectivity index (χ3v) is 12.8. The maximum absolute atomic E-state index is 13.9. The van der Waals surface area contributed by atoms with Crippen LogP contribution in [0.1, 0.15) is 47.8 Å². The van der Waals surface area contributed by atoms with Gasteiger partial charge in [0.15, 0.2) is 0 Å². The van der Waals surface area contributed by atoms with Crippen LogP contribution < -0.4 is 43.4 Å². The van der Waals surface area contributed by atoms with E-state index in [0.29, 0.717) is 84.3 Å². The van der Waals surface area contributed by atoms with E-state index in [4.69, 9.17) is 46.3 Å². The normalized spacial score (nSPS) is 10.0. The van der Waals surface area contributed by atoms with Gasteiger partial charge in [-0.2, -0.15) is 0 Å². The molecule has 0 bridgehead atoms. The molecule has 408 valence electrons. The highest BCUT2D eigenvalue weighted by Crippen LogP contribution is 2.29. The molecule has 0 spiro atoms. The molecule has 0 saturated carbocycles. The number of nitrogen functional groups attached to an aromatic ring is 2. The summed E-state index contributed by atoms with van der Waals surface area (Å²) in [4.78, 5) is 57.3. The smallest absolute Gasteiger partial charge is 0.254 e. The minimum Gasteiger partial charge on any atom is -0.398 e. The fourth-order valence-corrected chi connectivity index (χ4v) is 7.67. The Labute approximate surface area is 473 Å². The molecule has 5 aromatic heterocycles. The van der Waals surface area contributed by atoms with Crippen molar-refractivity contribution in [2.45, 2.75) is 30.6 Å². The predicted octanol–water partition coefficient (Wildman–Crippen LogP) is 12.6. The Kier molecular flexibility index (Phi) is 25.3. The molecule has 0 aliphatic heterocycles. The summed E-state index contributed by atoms with van der Waals surface area (Å²) in [6.45, 7) is 4.99. The molecule has 0 aliphatic rings. The minimum absolute atomic E-state index is 0.241. The van der Waals surface area contributed by atoms with Crippen LogP contribution in [0.25, 0.3) is 0 Å². The first-order valence-electron chi connectivity index (χ1n) is 22.9. The van der Waals surface area contributed by atoms with Crippen LogP contribution in [-0.4, -0.2) is 76.3 Å². The number of hydrogen-bond donors (Lipinski definition) is 8. The van der Waals surface area contributed by atoms with E-state index in [2.05, 4.69) is 56.8 Å². The number of nitrogens with two attached hydrogens (primary N) is 2. The van der Waals surface area contributed by atoms with Crippen molar-refractivity contribution in [3.8, 4) is 0 Å². The van der Waals surface area contributed by atoms with Crippen LogP contribution in [0, 0.1) is 38.2 Å². The molecule has 24 heteroatoms. The van der Waals surface area contributed by atoms with Gasteiger partial charge in [0, 0.05) is 102 Å². The maximum atomic E-state index is 13.9. The van der Waals surface area contributed by atoms with E-state index in [1.165, 1.54) is 63.0 Å².